The molecule has 0 fully saturated rings. The molecule has 0 atom stereocenters. The van der Waals surface area contributed by atoms with Crippen LogP contribution in [0.3, 0.4) is 0 Å². The number of aromatic nitrogens is 2. The SMILES string of the molecule is COc1ccc(-c2cn[nH]c2-c2ccccc2)cc1. The van der Waals surface area contributed by atoms with Crippen molar-refractivity contribution in [1.82, 2.24) is 10.2 Å². The average molecular weight is 250 g/mol. The van der Waals surface area contributed by atoms with Gasteiger partial charge in [-0.05, 0) is 17.7 Å². The van der Waals surface area contributed by atoms with E-state index < -0.39 is 0 Å². The molecule has 19 heavy (non-hydrogen) atoms. The first-order valence-electron chi connectivity index (χ1n) is 6.11. The highest BCUT2D eigenvalue weighted by Crippen LogP contribution is 2.30. The van der Waals surface area contributed by atoms with Gasteiger partial charge in [-0.2, -0.15) is 5.10 Å². The number of ether oxygens (including phenoxy) is 1. The maximum Gasteiger partial charge on any atom is 0.118 e. The molecule has 0 spiro atoms. The van der Waals surface area contributed by atoms with E-state index in [0.29, 0.717) is 0 Å². The second-order valence-corrected chi connectivity index (χ2v) is 4.25. The molecule has 2 aromatic carbocycles. The molecule has 3 heteroatoms. The van der Waals surface area contributed by atoms with Crippen LogP contribution >= 0.6 is 0 Å². The highest BCUT2D eigenvalue weighted by Gasteiger charge is 2.09. The highest BCUT2D eigenvalue weighted by molar-refractivity contribution is 5.80. The van der Waals surface area contributed by atoms with Crippen LogP contribution < -0.4 is 4.74 Å². The lowest BCUT2D eigenvalue weighted by atomic mass is 10.0. The summed E-state index contributed by atoms with van der Waals surface area (Å²) in [6, 6.07) is 18.2. The lowest BCUT2D eigenvalue weighted by Gasteiger charge is -2.05. The van der Waals surface area contributed by atoms with Gasteiger partial charge in [-0.15, -0.1) is 0 Å². The van der Waals surface area contributed by atoms with E-state index in [0.717, 1.165) is 28.1 Å². The molecular formula is C16H14N2O. The van der Waals surface area contributed by atoms with Crippen LogP contribution in [0, 0.1) is 0 Å². The summed E-state index contributed by atoms with van der Waals surface area (Å²) in [6.07, 6.45) is 1.85. The molecule has 94 valence electrons. The molecule has 3 aromatic rings. The third kappa shape index (κ3) is 2.22. The average Bonchev–Trinajstić information content (AvgIpc) is 2.98. The molecule has 1 N–H and O–H groups in total. The Morgan fingerprint density at radius 2 is 1.63 bits per heavy atom. The van der Waals surface area contributed by atoms with Gasteiger partial charge in [0.25, 0.3) is 0 Å². The molecule has 3 rings (SSSR count). The van der Waals surface area contributed by atoms with E-state index in [-0.39, 0.29) is 0 Å². The molecule has 1 aromatic heterocycles. The number of hydrogen-bond donors (Lipinski definition) is 1. The number of hydrogen-bond acceptors (Lipinski definition) is 2. The number of rotatable bonds is 3. The van der Waals surface area contributed by atoms with Crippen molar-refractivity contribution in [2.24, 2.45) is 0 Å². The highest BCUT2D eigenvalue weighted by atomic mass is 16.5. The van der Waals surface area contributed by atoms with E-state index in [4.69, 9.17) is 4.74 Å². The van der Waals surface area contributed by atoms with E-state index in [2.05, 4.69) is 22.3 Å². The van der Waals surface area contributed by atoms with Gasteiger partial charge >= 0.3 is 0 Å². The Morgan fingerprint density at radius 3 is 2.32 bits per heavy atom. The van der Waals surface area contributed by atoms with Gasteiger partial charge in [0.15, 0.2) is 0 Å². The van der Waals surface area contributed by atoms with E-state index >= 15 is 0 Å². The molecule has 1 heterocycles. The normalized spacial score (nSPS) is 10.4. The summed E-state index contributed by atoms with van der Waals surface area (Å²) < 4.78 is 5.18. The molecule has 0 aliphatic carbocycles. The molecule has 0 amide bonds. The maximum absolute atomic E-state index is 5.18. The fourth-order valence-corrected chi connectivity index (χ4v) is 2.10. The largest absolute Gasteiger partial charge is 0.497 e. The van der Waals surface area contributed by atoms with Crippen molar-refractivity contribution >= 4 is 0 Å². The lowest BCUT2D eigenvalue weighted by molar-refractivity contribution is 0.415. The van der Waals surface area contributed by atoms with Gasteiger partial charge in [-0.3, -0.25) is 5.10 Å². The summed E-state index contributed by atoms with van der Waals surface area (Å²) in [6.45, 7) is 0. The molecular weight excluding hydrogens is 236 g/mol. The van der Waals surface area contributed by atoms with Crippen molar-refractivity contribution in [2.45, 2.75) is 0 Å². The zero-order valence-electron chi connectivity index (χ0n) is 10.6. The van der Waals surface area contributed by atoms with Gasteiger partial charge in [-0.1, -0.05) is 42.5 Å². The van der Waals surface area contributed by atoms with E-state index in [9.17, 15) is 0 Å². The minimum Gasteiger partial charge on any atom is -0.497 e. The van der Waals surface area contributed by atoms with Gasteiger partial charge in [0, 0.05) is 11.1 Å². The maximum atomic E-state index is 5.18. The number of methoxy groups -OCH3 is 1. The van der Waals surface area contributed by atoms with Crippen LogP contribution in [0.2, 0.25) is 0 Å². The zero-order chi connectivity index (χ0) is 13.1. The first-order valence-corrected chi connectivity index (χ1v) is 6.11. The minimum atomic E-state index is 0.855. The topological polar surface area (TPSA) is 37.9 Å². The minimum absolute atomic E-state index is 0.855. The molecule has 0 aliphatic rings. The molecule has 0 bridgehead atoms. The summed E-state index contributed by atoms with van der Waals surface area (Å²) in [5.74, 6) is 0.855. The van der Waals surface area contributed by atoms with Gasteiger partial charge in [-0.25, -0.2) is 0 Å². The molecule has 0 saturated carbocycles. The van der Waals surface area contributed by atoms with Crippen molar-refractivity contribution in [3.63, 3.8) is 0 Å². The van der Waals surface area contributed by atoms with Crippen molar-refractivity contribution in [3.05, 3.63) is 60.8 Å². The Labute approximate surface area is 111 Å². The van der Waals surface area contributed by atoms with Gasteiger partial charge in [0.2, 0.25) is 0 Å². The number of benzene rings is 2. The van der Waals surface area contributed by atoms with Crippen LogP contribution in [0.25, 0.3) is 22.4 Å². The van der Waals surface area contributed by atoms with Crippen LogP contribution in [0.1, 0.15) is 0 Å². The van der Waals surface area contributed by atoms with E-state index in [1.165, 1.54) is 0 Å². The fraction of sp³-hybridized carbons (Fsp3) is 0.0625. The fourth-order valence-electron chi connectivity index (χ4n) is 2.10. The Bertz CT molecular complexity index is 657. The summed E-state index contributed by atoms with van der Waals surface area (Å²) in [4.78, 5) is 0. The molecule has 3 nitrogen and oxygen atoms in total. The number of H-pyrrole nitrogens is 1. The van der Waals surface area contributed by atoms with Crippen molar-refractivity contribution in [3.8, 4) is 28.1 Å². The Kier molecular flexibility index (Phi) is 3.02. The van der Waals surface area contributed by atoms with Crippen molar-refractivity contribution in [2.75, 3.05) is 7.11 Å². The smallest absolute Gasteiger partial charge is 0.118 e. The number of nitrogens with zero attached hydrogens (tertiary/aromatic N) is 1. The first kappa shape index (κ1) is 11.5. The third-order valence-electron chi connectivity index (χ3n) is 3.10. The van der Waals surface area contributed by atoms with Crippen LogP contribution in [-0.4, -0.2) is 17.3 Å². The Balaban J connectivity index is 2.04. The molecule has 0 aliphatic heterocycles. The summed E-state index contributed by atoms with van der Waals surface area (Å²) >= 11 is 0. The lowest BCUT2D eigenvalue weighted by Crippen LogP contribution is -1.84. The van der Waals surface area contributed by atoms with Crippen molar-refractivity contribution < 1.29 is 4.74 Å². The van der Waals surface area contributed by atoms with Gasteiger partial charge < -0.3 is 4.74 Å². The standard InChI is InChI=1S/C16H14N2O/c1-19-14-9-7-12(8-10-14)15-11-17-18-16(15)13-5-3-2-4-6-13/h2-11H,1H3,(H,17,18). The Hall–Kier alpha value is -2.55. The third-order valence-corrected chi connectivity index (χ3v) is 3.10. The second kappa shape index (κ2) is 4.98. The number of nitrogens with one attached hydrogen (secondary N) is 1. The molecule has 0 unspecified atom stereocenters. The van der Waals surface area contributed by atoms with Gasteiger partial charge in [0.05, 0.1) is 19.0 Å². The van der Waals surface area contributed by atoms with E-state index in [1.807, 2.05) is 48.7 Å². The first-order chi connectivity index (χ1) is 9.38. The quantitative estimate of drug-likeness (QED) is 0.768. The van der Waals surface area contributed by atoms with Crippen LogP contribution in [0.15, 0.2) is 60.8 Å². The van der Waals surface area contributed by atoms with Crippen LogP contribution in [0.5, 0.6) is 5.75 Å². The van der Waals surface area contributed by atoms with E-state index in [1.54, 1.807) is 7.11 Å². The predicted molar refractivity (Wildman–Crippen MR) is 76.0 cm³/mol. The summed E-state index contributed by atoms with van der Waals surface area (Å²) in [5, 5.41) is 7.23. The monoisotopic (exact) mass is 250 g/mol. The molecule has 0 saturated heterocycles. The van der Waals surface area contributed by atoms with Crippen molar-refractivity contribution in [1.29, 1.82) is 0 Å². The zero-order valence-corrected chi connectivity index (χ0v) is 10.6. The Morgan fingerprint density at radius 1 is 0.895 bits per heavy atom. The number of aromatic amines is 1. The second-order valence-electron chi connectivity index (χ2n) is 4.25. The van der Waals surface area contributed by atoms with Crippen LogP contribution in [0.4, 0.5) is 0 Å². The van der Waals surface area contributed by atoms with Gasteiger partial charge in [0.1, 0.15) is 5.75 Å². The van der Waals surface area contributed by atoms with Crippen LogP contribution in [-0.2, 0) is 0 Å². The summed E-state index contributed by atoms with van der Waals surface area (Å²) in [5.41, 5.74) is 4.37. The summed E-state index contributed by atoms with van der Waals surface area (Å²) in [7, 11) is 1.67. The molecule has 0 radical (unpaired) electrons. The predicted octanol–water partition coefficient (Wildman–Crippen LogP) is 3.75.